The van der Waals surface area contributed by atoms with Gasteiger partial charge in [0.25, 0.3) is 0 Å². The maximum atomic E-state index is 11.4. The van der Waals surface area contributed by atoms with Gasteiger partial charge in [0.1, 0.15) is 4.75 Å². The predicted octanol–water partition coefficient (Wildman–Crippen LogP) is 3.34. The summed E-state index contributed by atoms with van der Waals surface area (Å²) < 4.78 is -0.671. The Balaban J connectivity index is 2.21. The largest absolute Gasteiger partial charge is 0.480 e. The van der Waals surface area contributed by atoms with Gasteiger partial charge in [-0.2, -0.15) is 0 Å². The molecule has 0 bridgehead atoms. The minimum absolute atomic E-state index is 0.613. The average molecular weight is 234 g/mol. The van der Waals surface area contributed by atoms with E-state index in [1.54, 1.807) is 0 Å². The van der Waals surface area contributed by atoms with E-state index >= 15 is 0 Å². The Morgan fingerprint density at radius 3 is 2.56 bits per heavy atom. The SMILES string of the molecule is O=C(O)[C@]1(Sc2ccccc2)CC=CCC1. The number of benzene rings is 1. The number of thioether (sulfide) groups is 1. The quantitative estimate of drug-likeness (QED) is 0.815. The Labute approximate surface area is 99.4 Å². The zero-order valence-corrected chi connectivity index (χ0v) is 9.74. The number of carboxylic acid groups (broad SMARTS) is 1. The summed E-state index contributed by atoms with van der Waals surface area (Å²) in [6.07, 6.45) is 6.22. The van der Waals surface area contributed by atoms with Crippen LogP contribution in [0.2, 0.25) is 0 Å². The van der Waals surface area contributed by atoms with Crippen LogP contribution in [0.5, 0.6) is 0 Å². The summed E-state index contributed by atoms with van der Waals surface area (Å²) >= 11 is 1.47. The highest BCUT2D eigenvalue weighted by Crippen LogP contribution is 2.41. The monoisotopic (exact) mass is 234 g/mol. The number of carbonyl (C=O) groups is 1. The molecule has 0 aromatic heterocycles. The van der Waals surface area contributed by atoms with Crippen molar-refractivity contribution >= 4 is 17.7 Å². The van der Waals surface area contributed by atoms with Gasteiger partial charge < -0.3 is 5.11 Å². The van der Waals surface area contributed by atoms with Crippen LogP contribution in [-0.2, 0) is 4.79 Å². The van der Waals surface area contributed by atoms with Crippen molar-refractivity contribution in [1.29, 1.82) is 0 Å². The van der Waals surface area contributed by atoms with Gasteiger partial charge in [0, 0.05) is 4.90 Å². The van der Waals surface area contributed by atoms with Crippen molar-refractivity contribution < 1.29 is 9.90 Å². The molecule has 84 valence electrons. The Kier molecular flexibility index (Phi) is 3.34. The molecule has 2 rings (SSSR count). The Morgan fingerprint density at radius 1 is 1.25 bits per heavy atom. The van der Waals surface area contributed by atoms with Crippen LogP contribution in [-0.4, -0.2) is 15.8 Å². The lowest BCUT2D eigenvalue weighted by atomic mass is 9.93. The highest BCUT2D eigenvalue weighted by Gasteiger charge is 2.39. The van der Waals surface area contributed by atoms with Gasteiger partial charge in [-0.3, -0.25) is 4.79 Å². The predicted molar refractivity (Wildman–Crippen MR) is 65.7 cm³/mol. The smallest absolute Gasteiger partial charge is 0.320 e. The summed E-state index contributed by atoms with van der Waals surface area (Å²) in [7, 11) is 0. The van der Waals surface area contributed by atoms with Gasteiger partial charge in [-0.05, 0) is 31.4 Å². The molecule has 0 amide bonds. The average Bonchev–Trinajstić information content (AvgIpc) is 2.31. The Hall–Kier alpha value is -1.22. The molecule has 0 radical (unpaired) electrons. The van der Waals surface area contributed by atoms with Gasteiger partial charge in [0.15, 0.2) is 0 Å². The van der Waals surface area contributed by atoms with Crippen molar-refractivity contribution in [3.63, 3.8) is 0 Å². The molecule has 1 aliphatic carbocycles. The normalized spacial score (nSPS) is 24.2. The number of hydrogen-bond acceptors (Lipinski definition) is 2. The van der Waals surface area contributed by atoms with E-state index in [4.69, 9.17) is 0 Å². The molecular weight excluding hydrogens is 220 g/mol. The molecule has 0 spiro atoms. The van der Waals surface area contributed by atoms with Crippen molar-refractivity contribution in [2.75, 3.05) is 0 Å². The third-order valence-electron chi connectivity index (χ3n) is 2.78. The molecule has 1 aromatic rings. The van der Waals surface area contributed by atoms with E-state index in [0.717, 1.165) is 11.3 Å². The number of hydrogen-bond donors (Lipinski definition) is 1. The molecule has 1 aliphatic rings. The van der Waals surface area contributed by atoms with Gasteiger partial charge >= 0.3 is 5.97 Å². The van der Waals surface area contributed by atoms with Crippen molar-refractivity contribution in [1.82, 2.24) is 0 Å². The summed E-state index contributed by atoms with van der Waals surface area (Å²) in [5.41, 5.74) is 0. The molecule has 0 fully saturated rings. The van der Waals surface area contributed by atoms with Crippen LogP contribution in [0.15, 0.2) is 47.4 Å². The molecule has 16 heavy (non-hydrogen) atoms. The minimum Gasteiger partial charge on any atom is -0.480 e. The lowest BCUT2D eigenvalue weighted by molar-refractivity contribution is -0.140. The first-order valence-electron chi connectivity index (χ1n) is 5.35. The van der Waals surface area contributed by atoms with Crippen LogP contribution in [0.4, 0.5) is 0 Å². The summed E-state index contributed by atoms with van der Waals surface area (Å²) in [5.74, 6) is -0.703. The molecule has 1 aromatic carbocycles. The van der Waals surface area contributed by atoms with Crippen LogP contribution >= 0.6 is 11.8 Å². The zero-order chi connectivity index (χ0) is 11.4. The van der Waals surface area contributed by atoms with Crippen molar-refractivity contribution in [2.24, 2.45) is 0 Å². The summed E-state index contributed by atoms with van der Waals surface area (Å²) in [6, 6.07) is 9.76. The van der Waals surface area contributed by atoms with Gasteiger partial charge in [-0.15, -0.1) is 11.8 Å². The van der Waals surface area contributed by atoms with E-state index in [1.807, 2.05) is 36.4 Å². The first kappa shape index (κ1) is 11.3. The summed E-state index contributed by atoms with van der Waals surface area (Å²) in [6.45, 7) is 0. The molecule has 0 aliphatic heterocycles. The van der Waals surface area contributed by atoms with Gasteiger partial charge in [-0.1, -0.05) is 30.4 Å². The first-order valence-corrected chi connectivity index (χ1v) is 6.17. The number of carboxylic acids is 1. The zero-order valence-electron chi connectivity index (χ0n) is 8.93. The second kappa shape index (κ2) is 4.74. The number of allylic oxidation sites excluding steroid dienone is 2. The van der Waals surface area contributed by atoms with E-state index in [1.165, 1.54) is 11.8 Å². The van der Waals surface area contributed by atoms with Crippen LogP contribution in [0.1, 0.15) is 19.3 Å². The molecule has 0 saturated carbocycles. The Morgan fingerprint density at radius 2 is 2.00 bits per heavy atom. The topological polar surface area (TPSA) is 37.3 Å². The molecule has 2 nitrogen and oxygen atoms in total. The third kappa shape index (κ3) is 2.30. The van der Waals surface area contributed by atoms with Crippen molar-refractivity contribution in [3.05, 3.63) is 42.5 Å². The summed E-state index contributed by atoms with van der Waals surface area (Å²) in [5, 5.41) is 9.40. The fraction of sp³-hybridized carbons (Fsp3) is 0.308. The van der Waals surface area contributed by atoms with E-state index in [-0.39, 0.29) is 0 Å². The van der Waals surface area contributed by atoms with Gasteiger partial charge in [-0.25, -0.2) is 0 Å². The lowest BCUT2D eigenvalue weighted by Crippen LogP contribution is -2.35. The van der Waals surface area contributed by atoms with E-state index in [0.29, 0.717) is 12.8 Å². The van der Waals surface area contributed by atoms with Gasteiger partial charge in [0.05, 0.1) is 0 Å². The van der Waals surface area contributed by atoms with Crippen LogP contribution in [0, 0.1) is 0 Å². The standard InChI is InChI=1S/C13H14O2S/c14-12(15)13(9-5-2-6-10-13)16-11-7-3-1-4-8-11/h1-5,7-8H,6,9-10H2,(H,14,15)/t13-/m0/s1. The van der Waals surface area contributed by atoms with Crippen LogP contribution < -0.4 is 0 Å². The molecule has 0 unspecified atom stereocenters. The molecular formula is C13H14O2S. The van der Waals surface area contributed by atoms with Crippen molar-refractivity contribution in [3.8, 4) is 0 Å². The fourth-order valence-corrected chi connectivity index (χ4v) is 3.09. The third-order valence-corrected chi connectivity index (χ3v) is 4.22. The lowest BCUT2D eigenvalue weighted by Gasteiger charge is -2.29. The highest BCUT2D eigenvalue weighted by molar-refractivity contribution is 8.01. The maximum Gasteiger partial charge on any atom is 0.320 e. The fourth-order valence-electron chi connectivity index (χ4n) is 1.85. The van der Waals surface area contributed by atoms with Crippen molar-refractivity contribution in [2.45, 2.75) is 28.9 Å². The summed E-state index contributed by atoms with van der Waals surface area (Å²) in [4.78, 5) is 12.5. The molecule has 1 atom stereocenters. The van der Waals surface area contributed by atoms with E-state index < -0.39 is 10.7 Å². The van der Waals surface area contributed by atoms with E-state index in [9.17, 15) is 9.90 Å². The number of rotatable bonds is 3. The van der Waals surface area contributed by atoms with Crippen LogP contribution in [0.3, 0.4) is 0 Å². The Bertz CT molecular complexity index is 400. The van der Waals surface area contributed by atoms with E-state index in [2.05, 4.69) is 6.08 Å². The minimum atomic E-state index is -0.703. The highest BCUT2D eigenvalue weighted by atomic mass is 32.2. The molecule has 0 saturated heterocycles. The first-order chi connectivity index (χ1) is 7.73. The van der Waals surface area contributed by atoms with Crippen LogP contribution in [0.25, 0.3) is 0 Å². The second-order valence-electron chi connectivity index (χ2n) is 3.93. The molecule has 1 N–H and O–H groups in total. The maximum absolute atomic E-state index is 11.4. The molecule has 3 heteroatoms. The molecule has 0 heterocycles. The number of aliphatic carboxylic acids is 1. The van der Waals surface area contributed by atoms with Gasteiger partial charge in [0.2, 0.25) is 0 Å². The second-order valence-corrected chi connectivity index (χ2v) is 5.39.